The molecule has 11 heteroatoms. The van der Waals surface area contributed by atoms with Crippen LogP contribution in [0.1, 0.15) is 42.4 Å². The third kappa shape index (κ3) is 4.60. The second-order valence-corrected chi connectivity index (χ2v) is 8.41. The highest BCUT2D eigenvalue weighted by Crippen LogP contribution is 2.27. The highest BCUT2D eigenvalue weighted by Gasteiger charge is 2.45. The van der Waals surface area contributed by atoms with Crippen LogP contribution < -0.4 is 10.6 Å². The molecule has 1 aromatic carbocycles. The number of carbonyl (C=O) groups excluding carboxylic acids is 3. The highest BCUT2D eigenvalue weighted by atomic mass is 35.5. The Kier molecular flexibility index (Phi) is 6.37. The molecule has 2 atom stereocenters. The molecule has 30 heavy (non-hydrogen) atoms. The number of hydrogen-bond acceptors (Lipinski definition) is 6. The van der Waals surface area contributed by atoms with E-state index in [1.165, 1.54) is 5.38 Å². The van der Waals surface area contributed by atoms with Crippen molar-refractivity contribution in [2.75, 3.05) is 5.32 Å². The van der Waals surface area contributed by atoms with Gasteiger partial charge in [-0.15, -0.1) is 11.3 Å². The minimum absolute atomic E-state index is 0.00167. The number of imide groups is 1. The minimum atomic E-state index is -1.22. The van der Waals surface area contributed by atoms with E-state index in [1.54, 1.807) is 24.3 Å². The predicted molar refractivity (Wildman–Crippen MR) is 111 cm³/mol. The van der Waals surface area contributed by atoms with Gasteiger partial charge < -0.3 is 15.7 Å². The number of halogens is 1. The number of nitrogens with zero attached hydrogens (tertiary/aromatic N) is 2. The van der Waals surface area contributed by atoms with Gasteiger partial charge in [-0.1, -0.05) is 37.6 Å². The van der Waals surface area contributed by atoms with E-state index < -0.39 is 35.9 Å². The average Bonchev–Trinajstić information content (AvgIpc) is 3.25. The zero-order chi connectivity index (χ0) is 22.0. The van der Waals surface area contributed by atoms with Crippen molar-refractivity contribution in [1.82, 2.24) is 15.2 Å². The van der Waals surface area contributed by atoms with Crippen LogP contribution in [0.25, 0.3) is 0 Å². The van der Waals surface area contributed by atoms with E-state index in [2.05, 4.69) is 15.6 Å². The summed E-state index contributed by atoms with van der Waals surface area (Å²) in [6, 6.07) is 3.82. The Morgan fingerprint density at radius 2 is 1.97 bits per heavy atom. The molecule has 1 aliphatic heterocycles. The number of nitrogens with one attached hydrogen (secondary N) is 2. The minimum Gasteiger partial charge on any atom is -0.476 e. The summed E-state index contributed by atoms with van der Waals surface area (Å²) in [6.07, 6.45) is 0.232. The first-order chi connectivity index (χ1) is 14.2. The van der Waals surface area contributed by atoms with Gasteiger partial charge in [0.1, 0.15) is 12.1 Å². The smallest absolute Gasteiger partial charge is 0.355 e. The van der Waals surface area contributed by atoms with Gasteiger partial charge in [-0.2, -0.15) is 0 Å². The summed E-state index contributed by atoms with van der Waals surface area (Å²) in [5, 5.41) is 16.0. The maximum absolute atomic E-state index is 13.0. The monoisotopic (exact) mass is 450 g/mol. The van der Waals surface area contributed by atoms with Crippen LogP contribution in [-0.4, -0.2) is 44.8 Å². The van der Waals surface area contributed by atoms with Gasteiger partial charge in [-0.25, -0.2) is 19.5 Å². The van der Waals surface area contributed by atoms with Crippen molar-refractivity contribution >= 4 is 51.9 Å². The highest BCUT2D eigenvalue weighted by molar-refractivity contribution is 7.14. The molecule has 1 saturated heterocycles. The summed E-state index contributed by atoms with van der Waals surface area (Å²) >= 11 is 6.83. The molecule has 3 rings (SSSR count). The number of carboxylic acid groups (broad SMARTS) is 1. The molecule has 2 aromatic rings. The van der Waals surface area contributed by atoms with Gasteiger partial charge in [0.05, 0.1) is 0 Å². The zero-order valence-electron chi connectivity index (χ0n) is 16.1. The number of amides is 4. The Balaban J connectivity index is 1.83. The first-order valence-corrected chi connectivity index (χ1v) is 10.3. The summed E-state index contributed by atoms with van der Waals surface area (Å²) in [5.74, 6) is -2.38. The quantitative estimate of drug-likeness (QED) is 0.556. The molecular weight excluding hydrogens is 432 g/mol. The van der Waals surface area contributed by atoms with Crippen molar-refractivity contribution in [3.63, 3.8) is 0 Å². The Bertz CT molecular complexity index is 991. The number of hydrogen-bond donors (Lipinski definition) is 3. The molecule has 9 nitrogen and oxygen atoms in total. The van der Waals surface area contributed by atoms with Crippen LogP contribution in [-0.2, 0) is 9.59 Å². The lowest BCUT2D eigenvalue weighted by atomic mass is 10.0. The van der Waals surface area contributed by atoms with E-state index >= 15 is 0 Å². The van der Waals surface area contributed by atoms with E-state index in [-0.39, 0.29) is 23.2 Å². The number of urea groups is 1. The molecule has 3 N–H and O–H groups in total. The van der Waals surface area contributed by atoms with Gasteiger partial charge in [0, 0.05) is 10.4 Å². The van der Waals surface area contributed by atoms with Gasteiger partial charge in [0.25, 0.3) is 5.91 Å². The summed E-state index contributed by atoms with van der Waals surface area (Å²) < 4.78 is 0. The Labute approximate surface area is 181 Å². The van der Waals surface area contributed by atoms with Gasteiger partial charge in [0.2, 0.25) is 5.91 Å². The molecule has 0 saturated carbocycles. The van der Waals surface area contributed by atoms with Crippen molar-refractivity contribution in [3.05, 3.63) is 45.9 Å². The second kappa shape index (κ2) is 8.80. The summed E-state index contributed by atoms with van der Waals surface area (Å²) in [4.78, 5) is 54.2. The zero-order valence-corrected chi connectivity index (χ0v) is 17.7. The molecule has 1 unspecified atom stereocenters. The van der Waals surface area contributed by atoms with Crippen LogP contribution in [0.3, 0.4) is 0 Å². The van der Waals surface area contributed by atoms with Crippen molar-refractivity contribution in [1.29, 1.82) is 0 Å². The molecule has 4 amide bonds. The normalized spacial score (nSPS) is 17.2. The molecule has 0 bridgehead atoms. The van der Waals surface area contributed by atoms with Crippen LogP contribution in [0.4, 0.5) is 9.93 Å². The molecule has 0 spiro atoms. The van der Waals surface area contributed by atoms with Gasteiger partial charge in [0.15, 0.2) is 10.8 Å². The van der Waals surface area contributed by atoms with Crippen LogP contribution in [0.2, 0.25) is 5.02 Å². The van der Waals surface area contributed by atoms with Crippen molar-refractivity contribution in [2.24, 2.45) is 5.92 Å². The van der Waals surface area contributed by atoms with E-state index in [4.69, 9.17) is 16.7 Å². The Morgan fingerprint density at radius 1 is 1.30 bits per heavy atom. The van der Waals surface area contributed by atoms with Crippen LogP contribution in [0, 0.1) is 5.92 Å². The molecule has 1 aliphatic rings. The van der Waals surface area contributed by atoms with E-state index in [0.29, 0.717) is 10.6 Å². The fourth-order valence-electron chi connectivity index (χ4n) is 3.06. The number of rotatable bonds is 7. The van der Waals surface area contributed by atoms with Crippen molar-refractivity contribution in [3.8, 4) is 0 Å². The summed E-state index contributed by atoms with van der Waals surface area (Å²) in [6.45, 7) is 3.72. The fraction of sp³-hybridized carbons (Fsp3) is 0.316. The lowest BCUT2D eigenvalue weighted by molar-refractivity contribution is -0.134. The van der Waals surface area contributed by atoms with Crippen LogP contribution >= 0.6 is 22.9 Å². The number of anilines is 1. The third-order valence-corrected chi connectivity index (χ3v) is 5.45. The summed E-state index contributed by atoms with van der Waals surface area (Å²) in [7, 11) is 0. The predicted octanol–water partition coefficient (Wildman–Crippen LogP) is 3.14. The van der Waals surface area contributed by atoms with E-state index in [9.17, 15) is 19.2 Å². The van der Waals surface area contributed by atoms with Crippen LogP contribution in [0.5, 0.6) is 0 Å². The Hall–Kier alpha value is -2.98. The first-order valence-electron chi connectivity index (χ1n) is 9.06. The number of aromatic carboxylic acids is 1. The number of aromatic nitrogens is 1. The first kappa shape index (κ1) is 21.7. The Morgan fingerprint density at radius 3 is 2.53 bits per heavy atom. The lowest BCUT2D eigenvalue weighted by Crippen LogP contribution is -2.48. The average molecular weight is 451 g/mol. The van der Waals surface area contributed by atoms with Gasteiger partial charge in [-0.3, -0.25) is 9.59 Å². The summed E-state index contributed by atoms with van der Waals surface area (Å²) in [5.41, 5.74) is 0.350. The third-order valence-electron chi connectivity index (χ3n) is 4.44. The number of benzene rings is 1. The second-order valence-electron chi connectivity index (χ2n) is 7.12. The topological polar surface area (TPSA) is 129 Å². The maximum Gasteiger partial charge on any atom is 0.355 e. The number of thiazole rings is 1. The maximum atomic E-state index is 13.0. The van der Waals surface area contributed by atoms with Crippen molar-refractivity contribution < 1.29 is 24.3 Å². The van der Waals surface area contributed by atoms with Crippen molar-refractivity contribution in [2.45, 2.75) is 32.4 Å². The van der Waals surface area contributed by atoms with Gasteiger partial charge >= 0.3 is 12.0 Å². The largest absolute Gasteiger partial charge is 0.476 e. The molecule has 1 fully saturated rings. The van der Waals surface area contributed by atoms with Gasteiger partial charge in [-0.05, 0) is 30.0 Å². The molecule has 1 aromatic heterocycles. The lowest BCUT2D eigenvalue weighted by Gasteiger charge is -2.25. The molecule has 2 heterocycles. The SMILES string of the molecule is CC(C)C[C@@H](C(=O)Nc1nc(C(=O)O)cs1)N1C(=O)NC(c2ccc(Cl)cc2)C1=O. The molecule has 0 radical (unpaired) electrons. The number of carbonyl (C=O) groups is 4. The van der Waals surface area contributed by atoms with E-state index in [1.807, 2.05) is 13.8 Å². The fourth-order valence-corrected chi connectivity index (χ4v) is 3.88. The standard InChI is InChI=1S/C19H19ClN4O5S/c1-9(2)7-13(15(25)23-18-21-12(8-30-18)17(27)28)24-16(26)14(22-19(24)29)10-3-5-11(20)6-4-10/h3-6,8-9,13-14H,7H2,1-2H3,(H,22,29)(H,27,28)(H,21,23,25)/t13-,14?/m0/s1. The molecule has 0 aliphatic carbocycles. The molecule has 158 valence electrons. The van der Waals surface area contributed by atoms with Crippen LogP contribution in [0.15, 0.2) is 29.6 Å². The van der Waals surface area contributed by atoms with E-state index in [0.717, 1.165) is 16.2 Å². The molecular formula is C19H19ClN4O5S. The number of carboxylic acids is 1.